The Morgan fingerprint density at radius 3 is 2.93 bits per heavy atom. The van der Waals surface area contributed by atoms with Crippen LogP contribution in [0.2, 0.25) is 0 Å². The van der Waals surface area contributed by atoms with Gasteiger partial charge in [0.2, 0.25) is 0 Å². The van der Waals surface area contributed by atoms with Gasteiger partial charge in [0.15, 0.2) is 0 Å². The van der Waals surface area contributed by atoms with E-state index in [9.17, 15) is 9.59 Å². The molecule has 72 valence electrons. The van der Waals surface area contributed by atoms with Crippen LogP contribution in [0.15, 0.2) is 17.3 Å². The number of hydrogen-bond donors (Lipinski definition) is 1. The molecular formula is C8H6AtN3O2. The molecule has 0 spiro atoms. The maximum absolute atomic E-state index is 11.4. The number of aryl methyl sites for hydroxylation is 1. The Morgan fingerprint density at radius 2 is 2.36 bits per heavy atom. The van der Waals surface area contributed by atoms with Crippen LogP contribution in [0.5, 0.6) is 0 Å². The molecule has 2 aromatic rings. The van der Waals surface area contributed by atoms with Crippen molar-refractivity contribution in [2.45, 2.75) is 6.92 Å². The molecule has 0 aliphatic rings. The third-order valence-corrected chi connectivity index (χ3v) is 2.84. The summed E-state index contributed by atoms with van der Waals surface area (Å²) >= 11 is 1.06. The van der Waals surface area contributed by atoms with E-state index in [-0.39, 0.29) is 9.05 Å². The van der Waals surface area contributed by atoms with Crippen LogP contribution in [0.4, 0.5) is 0 Å². The van der Waals surface area contributed by atoms with Crippen LogP contribution in [0.3, 0.4) is 0 Å². The van der Waals surface area contributed by atoms with Crippen molar-refractivity contribution >= 4 is 9.01 Å². The van der Waals surface area contributed by atoms with Crippen LogP contribution >= 0.6 is 0 Å². The molecule has 0 bridgehead atoms. The molecule has 2 heterocycles. The number of nitrogens with zero attached hydrogens (tertiary/aromatic N) is 2. The van der Waals surface area contributed by atoms with E-state index in [0.29, 0.717) is 16.6 Å². The van der Waals surface area contributed by atoms with Gasteiger partial charge in [-0.1, -0.05) is 0 Å². The first-order valence-corrected chi connectivity index (χ1v) is 5.33. The van der Waals surface area contributed by atoms with E-state index in [1.165, 1.54) is 10.8 Å². The molecule has 0 radical (unpaired) electrons. The summed E-state index contributed by atoms with van der Waals surface area (Å²) in [6.07, 6.45) is 2.89. The second-order valence-electron chi connectivity index (χ2n) is 2.85. The standard InChI is InChI=1S/C8H6AtN3O2/c1-4-5(7(9)13)2-12-6(4)8(14)10-3-11-12/h2-3H,1H3,(H,10,11,14). The Kier molecular flexibility index (Phi) is 2.23. The van der Waals surface area contributed by atoms with E-state index in [1.54, 1.807) is 13.1 Å². The molecule has 14 heavy (non-hydrogen) atoms. The van der Waals surface area contributed by atoms with Gasteiger partial charge in [-0.05, 0) is 0 Å². The summed E-state index contributed by atoms with van der Waals surface area (Å²) in [5.74, 6) is 0. The van der Waals surface area contributed by atoms with Crippen molar-refractivity contribution < 1.29 is 29.5 Å². The van der Waals surface area contributed by atoms with Gasteiger partial charge in [0, 0.05) is 0 Å². The number of carbonyl (C=O) groups excluding carboxylic acids is 1. The summed E-state index contributed by atoms with van der Waals surface area (Å²) in [7, 11) is 0. The Hall–Kier alpha value is -1.03. The molecule has 2 aromatic heterocycles. The number of nitrogens with one attached hydrogen (secondary N) is 1. The summed E-state index contributed by atoms with van der Waals surface area (Å²) in [6.45, 7) is 1.75. The van der Waals surface area contributed by atoms with E-state index in [4.69, 9.17) is 0 Å². The fourth-order valence-corrected chi connectivity index (χ4v) is 2.11. The molecule has 1 N–H and O–H groups in total. The van der Waals surface area contributed by atoms with Crippen molar-refractivity contribution in [2.24, 2.45) is 0 Å². The zero-order valence-corrected chi connectivity index (χ0v) is 10.2. The van der Waals surface area contributed by atoms with Gasteiger partial charge >= 0.3 is 94.0 Å². The predicted molar refractivity (Wildman–Crippen MR) is 44.9 cm³/mol. The van der Waals surface area contributed by atoms with Gasteiger partial charge in [-0.2, -0.15) is 0 Å². The van der Waals surface area contributed by atoms with Gasteiger partial charge in [-0.25, -0.2) is 0 Å². The maximum atomic E-state index is 11.4. The quantitative estimate of drug-likeness (QED) is 0.752. The number of fused-ring (bicyclic) bond motifs is 1. The van der Waals surface area contributed by atoms with E-state index in [1.807, 2.05) is 0 Å². The normalized spacial score (nSPS) is 10.7. The molecular weight excluding hydrogens is 380 g/mol. The average molecular weight is 386 g/mol. The van der Waals surface area contributed by atoms with Gasteiger partial charge in [0.25, 0.3) is 0 Å². The fraction of sp³-hybridized carbons (Fsp3) is 0.125. The van der Waals surface area contributed by atoms with Crippen LogP contribution in [0, 0.1) is 31.6 Å². The second-order valence-corrected chi connectivity index (χ2v) is 4.19. The molecule has 0 unspecified atom stereocenters. The molecule has 0 amide bonds. The van der Waals surface area contributed by atoms with Crippen LogP contribution in [0.25, 0.3) is 5.52 Å². The van der Waals surface area contributed by atoms with Gasteiger partial charge < -0.3 is 0 Å². The van der Waals surface area contributed by atoms with E-state index in [2.05, 4.69) is 10.1 Å². The minimum absolute atomic E-state index is 0.00704. The van der Waals surface area contributed by atoms with Gasteiger partial charge in [-0.3, -0.25) is 0 Å². The molecule has 5 nitrogen and oxygen atoms in total. The third kappa shape index (κ3) is 1.30. The fourth-order valence-electron chi connectivity index (χ4n) is 1.36. The van der Waals surface area contributed by atoms with Crippen molar-refractivity contribution in [1.82, 2.24) is 14.6 Å². The first-order chi connectivity index (χ1) is 6.61. The Bertz CT molecular complexity index is 569. The van der Waals surface area contributed by atoms with E-state index >= 15 is 0 Å². The van der Waals surface area contributed by atoms with Crippen molar-refractivity contribution in [2.75, 3.05) is 0 Å². The van der Waals surface area contributed by atoms with E-state index < -0.39 is 0 Å². The number of aromatic amines is 1. The second kappa shape index (κ2) is 3.28. The van der Waals surface area contributed by atoms with Gasteiger partial charge in [-0.15, -0.1) is 0 Å². The SMILES string of the molecule is Cc1c(C(=O)[At])cn2nc[nH]c(=O)c12. The molecule has 0 atom stereocenters. The number of rotatable bonds is 1. The molecule has 0 aliphatic heterocycles. The Morgan fingerprint density at radius 1 is 1.64 bits per heavy atom. The van der Waals surface area contributed by atoms with Crippen molar-refractivity contribution in [3.05, 3.63) is 34.0 Å². The first kappa shape index (κ1) is 9.53. The van der Waals surface area contributed by atoms with Crippen molar-refractivity contribution in [1.29, 1.82) is 0 Å². The summed E-state index contributed by atoms with van der Waals surface area (Å²) < 4.78 is 1.42. The molecule has 0 saturated heterocycles. The van der Waals surface area contributed by atoms with Crippen LogP contribution in [-0.2, 0) is 0 Å². The monoisotopic (exact) mass is 386 g/mol. The molecule has 2 rings (SSSR count). The zero-order chi connectivity index (χ0) is 10.3. The number of aromatic nitrogens is 3. The summed E-state index contributed by atoms with van der Waals surface area (Å²) in [4.78, 5) is 25.1. The summed E-state index contributed by atoms with van der Waals surface area (Å²) in [6, 6.07) is 0. The molecule has 0 fully saturated rings. The first-order valence-electron chi connectivity index (χ1n) is 3.86. The average Bonchev–Trinajstić information content (AvgIpc) is 2.45. The van der Waals surface area contributed by atoms with E-state index in [0.717, 1.165) is 24.7 Å². The summed E-state index contributed by atoms with van der Waals surface area (Å²) in [5.41, 5.74) is 1.46. The summed E-state index contributed by atoms with van der Waals surface area (Å²) in [5, 5.41) is 3.92. The number of H-pyrrole nitrogens is 1. The topological polar surface area (TPSA) is 67.2 Å². The van der Waals surface area contributed by atoms with Gasteiger partial charge in [0.05, 0.1) is 0 Å². The van der Waals surface area contributed by atoms with Crippen LogP contribution in [0.1, 0.15) is 15.9 Å². The minimum atomic E-state index is -0.225. The Labute approximate surface area is 94.0 Å². The zero-order valence-electron chi connectivity index (χ0n) is 7.24. The van der Waals surface area contributed by atoms with Gasteiger partial charge in [0.1, 0.15) is 0 Å². The number of carbonyl (C=O) groups is 1. The molecule has 6 heteroatoms. The van der Waals surface area contributed by atoms with Crippen molar-refractivity contribution in [3.63, 3.8) is 0 Å². The molecule has 0 aliphatic carbocycles. The Balaban J connectivity index is 2.94. The number of hydrogen-bond acceptors (Lipinski definition) is 3. The molecule has 0 aromatic carbocycles. The van der Waals surface area contributed by atoms with Crippen LogP contribution in [-0.4, -0.2) is 18.1 Å². The predicted octanol–water partition coefficient (Wildman–Crippen LogP) is 0.0205. The molecule has 0 saturated carbocycles. The third-order valence-electron chi connectivity index (χ3n) is 2.04. The van der Waals surface area contributed by atoms with Crippen LogP contribution < -0.4 is 5.56 Å². The van der Waals surface area contributed by atoms with Crippen molar-refractivity contribution in [3.8, 4) is 0 Å².